The zero-order chi connectivity index (χ0) is 19.5. The van der Waals surface area contributed by atoms with Crippen LogP contribution in [-0.2, 0) is 4.79 Å². The number of rotatable bonds is 3. The van der Waals surface area contributed by atoms with Crippen LogP contribution in [0.1, 0.15) is 37.7 Å². The fraction of sp³-hybridized carbons (Fsp3) is 0.286. The normalized spacial score (nSPS) is 21.1. The fourth-order valence-corrected chi connectivity index (χ4v) is 4.84. The van der Waals surface area contributed by atoms with Crippen molar-refractivity contribution in [1.82, 2.24) is 9.88 Å². The van der Waals surface area contributed by atoms with Crippen LogP contribution in [0.25, 0.3) is 6.08 Å². The lowest BCUT2D eigenvalue weighted by atomic mass is 9.94. The van der Waals surface area contributed by atoms with E-state index in [0.717, 1.165) is 31.2 Å². The molecule has 2 fully saturated rings. The van der Waals surface area contributed by atoms with Gasteiger partial charge in [0.1, 0.15) is 0 Å². The third-order valence-corrected chi connectivity index (χ3v) is 6.44. The number of amides is 1. The number of benzene rings is 1. The van der Waals surface area contributed by atoms with Gasteiger partial charge in [0.2, 0.25) is 0 Å². The van der Waals surface area contributed by atoms with Gasteiger partial charge in [-0.2, -0.15) is 0 Å². The number of amidine groups is 1. The second kappa shape index (κ2) is 8.68. The summed E-state index contributed by atoms with van der Waals surface area (Å²) in [5.41, 5.74) is 1.56. The first-order chi connectivity index (χ1) is 13.6. The molecule has 4 rings (SSSR count). The molecule has 2 aliphatic rings. The Morgan fingerprint density at radius 3 is 2.57 bits per heavy atom. The van der Waals surface area contributed by atoms with Crippen LogP contribution < -0.4 is 0 Å². The minimum absolute atomic E-state index is 0.00998. The number of halogens is 2. The summed E-state index contributed by atoms with van der Waals surface area (Å²) < 4.78 is 0. The van der Waals surface area contributed by atoms with E-state index in [2.05, 4.69) is 4.98 Å². The number of pyridine rings is 1. The number of hydrogen-bond donors (Lipinski definition) is 0. The SMILES string of the molecule is O=C1/C(=C/c2ccc(Cl)cc2)SC(=Nc2ccncc2Cl)N1C1CCCCC1. The number of carbonyl (C=O) groups excluding carboxylic acids is 1. The topological polar surface area (TPSA) is 45.6 Å². The summed E-state index contributed by atoms with van der Waals surface area (Å²) in [7, 11) is 0. The van der Waals surface area contributed by atoms with E-state index in [1.807, 2.05) is 35.2 Å². The quantitative estimate of drug-likeness (QED) is 0.533. The molecule has 1 amide bonds. The van der Waals surface area contributed by atoms with Gasteiger partial charge in [-0.05, 0) is 54.4 Å². The molecule has 1 aliphatic carbocycles. The van der Waals surface area contributed by atoms with Gasteiger partial charge in [0.05, 0.1) is 15.6 Å². The number of thioether (sulfide) groups is 1. The molecule has 0 spiro atoms. The molecule has 1 aromatic heterocycles. The van der Waals surface area contributed by atoms with Crippen molar-refractivity contribution >= 4 is 57.8 Å². The minimum Gasteiger partial charge on any atom is -0.283 e. The van der Waals surface area contributed by atoms with Gasteiger partial charge >= 0.3 is 0 Å². The molecular formula is C21H19Cl2N3OS. The molecule has 1 aliphatic heterocycles. The molecule has 0 atom stereocenters. The molecule has 2 heterocycles. The molecule has 0 unspecified atom stereocenters. The largest absolute Gasteiger partial charge is 0.283 e. The van der Waals surface area contributed by atoms with Gasteiger partial charge in [0.25, 0.3) is 5.91 Å². The molecule has 28 heavy (non-hydrogen) atoms. The van der Waals surface area contributed by atoms with Gasteiger partial charge in [-0.1, -0.05) is 54.6 Å². The lowest BCUT2D eigenvalue weighted by molar-refractivity contribution is -0.124. The second-order valence-electron chi connectivity index (χ2n) is 6.85. The van der Waals surface area contributed by atoms with Gasteiger partial charge in [0.15, 0.2) is 5.17 Å². The molecule has 0 N–H and O–H groups in total. The Kier molecular flexibility index (Phi) is 6.04. The van der Waals surface area contributed by atoms with E-state index >= 15 is 0 Å². The van der Waals surface area contributed by atoms with Crippen molar-refractivity contribution in [2.24, 2.45) is 4.99 Å². The zero-order valence-electron chi connectivity index (χ0n) is 15.1. The Hall–Kier alpha value is -1.82. The van der Waals surface area contributed by atoms with Gasteiger partial charge in [-0.15, -0.1) is 0 Å². The number of aromatic nitrogens is 1. The summed E-state index contributed by atoms with van der Waals surface area (Å²) in [4.78, 5) is 24.5. The van der Waals surface area contributed by atoms with Gasteiger partial charge in [0, 0.05) is 23.5 Å². The van der Waals surface area contributed by atoms with Crippen LogP contribution in [-0.4, -0.2) is 27.0 Å². The maximum atomic E-state index is 13.2. The Morgan fingerprint density at radius 1 is 1.11 bits per heavy atom. The van der Waals surface area contributed by atoms with E-state index in [0.29, 0.717) is 25.8 Å². The average molecular weight is 432 g/mol. The van der Waals surface area contributed by atoms with Gasteiger partial charge in [-0.25, -0.2) is 4.99 Å². The predicted octanol–water partition coefficient (Wildman–Crippen LogP) is 6.33. The maximum Gasteiger partial charge on any atom is 0.267 e. The monoisotopic (exact) mass is 431 g/mol. The average Bonchev–Trinajstić information content (AvgIpc) is 3.01. The maximum absolute atomic E-state index is 13.2. The van der Waals surface area contributed by atoms with E-state index in [1.54, 1.807) is 18.5 Å². The van der Waals surface area contributed by atoms with Crippen molar-refractivity contribution in [3.05, 3.63) is 63.2 Å². The first kappa shape index (κ1) is 19.5. The minimum atomic E-state index is 0.00998. The Labute approximate surface area is 178 Å². The third-order valence-electron chi connectivity index (χ3n) is 4.91. The van der Waals surface area contributed by atoms with Crippen molar-refractivity contribution < 1.29 is 4.79 Å². The van der Waals surface area contributed by atoms with E-state index in [-0.39, 0.29) is 11.9 Å². The van der Waals surface area contributed by atoms with Crippen LogP contribution in [0.4, 0.5) is 5.69 Å². The fourth-order valence-electron chi connectivity index (χ4n) is 3.50. The standard InChI is InChI=1S/C21H19Cl2N3OS/c22-15-8-6-14(7-9-15)12-19-20(27)26(16-4-2-1-3-5-16)21(28-19)25-18-10-11-24-13-17(18)23/h6-13,16H,1-5H2/b19-12-,25-21?. The summed E-state index contributed by atoms with van der Waals surface area (Å²) >= 11 is 13.6. The van der Waals surface area contributed by atoms with E-state index in [4.69, 9.17) is 28.2 Å². The van der Waals surface area contributed by atoms with Crippen LogP contribution in [0.2, 0.25) is 10.0 Å². The second-order valence-corrected chi connectivity index (χ2v) is 8.70. The molecule has 7 heteroatoms. The Bertz CT molecular complexity index is 937. The molecule has 1 saturated carbocycles. The summed E-state index contributed by atoms with van der Waals surface area (Å²) in [6, 6.07) is 9.40. The van der Waals surface area contributed by atoms with E-state index in [1.165, 1.54) is 18.2 Å². The highest BCUT2D eigenvalue weighted by Gasteiger charge is 2.38. The van der Waals surface area contributed by atoms with Crippen LogP contribution in [0.5, 0.6) is 0 Å². The third kappa shape index (κ3) is 4.27. The number of aliphatic imine (C=N–C) groups is 1. The number of nitrogens with zero attached hydrogens (tertiary/aromatic N) is 3. The van der Waals surface area contributed by atoms with Gasteiger partial charge < -0.3 is 0 Å². The summed E-state index contributed by atoms with van der Waals surface area (Å²) in [5.74, 6) is 0.00998. The van der Waals surface area contributed by atoms with Crippen molar-refractivity contribution in [3.63, 3.8) is 0 Å². The number of carbonyl (C=O) groups is 1. The molecule has 1 aromatic carbocycles. The van der Waals surface area contributed by atoms with Crippen LogP contribution in [0, 0.1) is 0 Å². The lowest BCUT2D eigenvalue weighted by Crippen LogP contribution is -2.40. The highest BCUT2D eigenvalue weighted by atomic mass is 35.5. The Morgan fingerprint density at radius 2 is 1.86 bits per heavy atom. The van der Waals surface area contributed by atoms with Crippen LogP contribution in [0.15, 0.2) is 52.6 Å². The van der Waals surface area contributed by atoms with Crippen molar-refractivity contribution in [3.8, 4) is 0 Å². The first-order valence-corrected chi connectivity index (χ1v) is 10.9. The first-order valence-electron chi connectivity index (χ1n) is 9.29. The van der Waals surface area contributed by atoms with Gasteiger partial charge in [-0.3, -0.25) is 14.7 Å². The molecule has 144 valence electrons. The van der Waals surface area contributed by atoms with Crippen molar-refractivity contribution in [1.29, 1.82) is 0 Å². The summed E-state index contributed by atoms with van der Waals surface area (Å²) in [5, 5.41) is 1.83. The van der Waals surface area contributed by atoms with E-state index < -0.39 is 0 Å². The number of hydrogen-bond acceptors (Lipinski definition) is 4. The zero-order valence-corrected chi connectivity index (χ0v) is 17.5. The predicted molar refractivity (Wildman–Crippen MR) is 117 cm³/mol. The van der Waals surface area contributed by atoms with E-state index in [9.17, 15) is 4.79 Å². The summed E-state index contributed by atoms with van der Waals surface area (Å²) in [6.07, 6.45) is 10.6. The smallest absolute Gasteiger partial charge is 0.267 e. The highest BCUT2D eigenvalue weighted by molar-refractivity contribution is 8.18. The lowest BCUT2D eigenvalue weighted by Gasteiger charge is -2.30. The molecule has 4 nitrogen and oxygen atoms in total. The van der Waals surface area contributed by atoms with Crippen LogP contribution >= 0.6 is 35.0 Å². The Balaban J connectivity index is 1.71. The molecule has 2 aromatic rings. The highest BCUT2D eigenvalue weighted by Crippen LogP contribution is 2.39. The van der Waals surface area contributed by atoms with Crippen LogP contribution in [0.3, 0.4) is 0 Å². The van der Waals surface area contributed by atoms with Crippen molar-refractivity contribution in [2.75, 3.05) is 0 Å². The molecule has 1 saturated heterocycles. The molecule has 0 bridgehead atoms. The molecule has 0 radical (unpaired) electrons. The van der Waals surface area contributed by atoms with Crippen molar-refractivity contribution in [2.45, 2.75) is 38.1 Å². The summed E-state index contributed by atoms with van der Waals surface area (Å²) in [6.45, 7) is 0. The molecular weight excluding hydrogens is 413 g/mol.